The van der Waals surface area contributed by atoms with Crippen LogP contribution in [0.4, 0.5) is 0 Å². The fraction of sp³-hybridized carbons (Fsp3) is 0.556. The van der Waals surface area contributed by atoms with E-state index in [0.29, 0.717) is 25.6 Å². The van der Waals surface area contributed by atoms with E-state index in [4.69, 9.17) is 16.3 Å². The van der Waals surface area contributed by atoms with Gasteiger partial charge >= 0.3 is 5.97 Å². The molecule has 0 bridgehead atoms. The maximum atomic E-state index is 12.6. The van der Waals surface area contributed by atoms with Crippen molar-refractivity contribution in [2.24, 2.45) is 5.92 Å². The smallest absolute Gasteiger partial charge is 0.340 e. The molecule has 0 unspecified atom stereocenters. The second-order valence-electron chi connectivity index (χ2n) is 6.34. The first-order valence-corrected chi connectivity index (χ1v) is 10.7. The summed E-state index contributed by atoms with van der Waals surface area (Å²) in [5.41, 5.74) is -0.0973. The van der Waals surface area contributed by atoms with Gasteiger partial charge in [-0.25, -0.2) is 13.2 Å². The number of halogens is 1. The van der Waals surface area contributed by atoms with Gasteiger partial charge in [0.2, 0.25) is 10.0 Å². The Balaban J connectivity index is 2.85. The van der Waals surface area contributed by atoms with Crippen LogP contribution in [-0.2, 0) is 19.6 Å². The van der Waals surface area contributed by atoms with E-state index in [1.807, 2.05) is 13.8 Å². The highest BCUT2D eigenvalue weighted by Crippen LogP contribution is 2.23. The molecule has 152 valence electrons. The molecule has 7 nitrogen and oxygen atoms in total. The van der Waals surface area contributed by atoms with Crippen molar-refractivity contribution in [1.82, 2.24) is 9.62 Å². The average Bonchev–Trinajstić information content (AvgIpc) is 2.60. The first kappa shape index (κ1) is 23.4. The van der Waals surface area contributed by atoms with Crippen molar-refractivity contribution < 1.29 is 22.7 Å². The molecule has 0 saturated heterocycles. The summed E-state index contributed by atoms with van der Waals surface area (Å²) in [6, 6.07) is 3.84. The number of amides is 1. The Labute approximate surface area is 166 Å². The largest absolute Gasteiger partial charge is 0.452 e. The van der Waals surface area contributed by atoms with Crippen LogP contribution in [0.3, 0.4) is 0 Å². The van der Waals surface area contributed by atoms with Gasteiger partial charge in [-0.1, -0.05) is 39.3 Å². The van der Waals surface area contributed by atoms with E-state index in [1.165, 1.54) is 22.5 Å². The molecular formula is C18H27ClN2O5S. The molecule has 0 spiro atoms. The molecule has 0 atom stereocenters. The third-order valence-electron chi connectivity index (χ3n) is 3.88. The number of carbonyl (C=O) groups is 2. The summed E-state index contributed by atoms with van der Waals surface area (Å²) in [6.07, 6.45) is 0.816. The number of esters is 1. The van der Waals surface area contributed by atoms with Gasteiger partial charge in [-0.3, -0.25) is 4.79 Å². The summed E-state index contributed by atoms with van der Waals surface area (Å²) < 4.78 is 31.4. The lowest BCUT2D eigenvalue weighted by Crippen LogP contribution is -2.31. The average molecular weight is 419 g/mol. The number of nitrogens with one attached hydrogen (secondary N) is 1. The minimum Gasteiger partial charge on any atom is -0.452 e. The van der Waals surface area contributed by atoms with E-state index in [0.717, 1.165) is 6.42 Å². The Morgan fingerprint density at radius 2 is 1.85 bits per heavy atom. The monoisotopic (exact) mass is 418 g/mol. The zero-order valence-electron chi connectivity index (χ0n) is 16.1. The molecule has 0 aliphatic carbocycles. The third-order valence-corrected chi connectivity index (χ3v) is 6.25. The molecule has 0 aliphatic rings. The Kier molecular flexibility index (Phi) is 9.21. The Morgan fingerprint density at radius 3 is 2.41 bits per heavy atom. The highest BCUT2D eigenvalue weighted by molar-refractivity contribution is 7.89. The predicted octanol–water partition coefficient (Wildman–Crippen LogP) is 2.69. The third kappa shape index (κ3) is 6.79. The zero-order valence-corrected chi connectivity index (χ0v) is 17.7. The molecule has 1 aromatic carbocycles. The van der Waals surface area contributed by atoms with Crippen molar-refractivity contribution in [3.8, 4) is 0 Å². The summed E-state index contributed by atoms with van der Waals surface area (Å²) in [5, 5.41) is 2.70. The van der Waals surface area contributed by atoms with E-state index >= 15 is 0 Å². The number of hydrogen-bond donors (Lipinski definition) is 1. The van der Waals surface area contributed by atoms with E-state index in [9.17, 15) is 18.0 Å². The Hall–Kier alpha value is -1.64. The zero-order chi connectivity index (χ0) is 20.6. The highest BCUT2D eigenvalue weighted by Gasteiger charge is 2.24. The first-order valence-electron chi connectivity index (χ1n) is 8.86. The summed E-state index contributed by atoms with van der Waals surface area (Å²) >= 11 is 6.01. The van der Waals surface area contributed by atoms with Crippen molar-refractivity contribution in [3.05, 3.63) is 28.8 Å². The highest BCUT2D eigenvalue weighted by atomic mass is 35.5. The number of carbonyl (C=O) groups excluding carboxylic acids is 2. The van der Waals surface area contributed by atoms with Gasteiger partial charge in [0.05, 0.1) is 15.5 Å². The van der Waals surface area contributed by atoms with Crippen LogP contribution in [0.1, 0.15) is 44.5 Å². The normalized spacial score (nSPS) is 11.7. The van der Waals surface area contributed by atoms with Gasteiger partial charge in [-0.2, -0.15) is 4.31 Å². The van der Waals surface area contributed by atoms with Crippen LogP contribution < -0.4 is 5.32 Å². The maximum absolute atomic E-state index is 12.6. The Bertz CT molecular complexity index is 761. The molecule has 0 radical (unpaired) electrons. The lowest BCUT2D eigenvalue weighted by atomic mass is 10.1. The van der Waals surface area contributed by atoms with Crippen molar-refractivity contribution in [3.63, 3.8) is 0 Å². The van der Waals surface area contributed by atoms with Gasteiger partial charge in [0.1, 0.15) is 0 Å². The predicted molar refractivity (Wildman–Crippen MR) is 104 cm³/mol. The lowest BCUT2D eigenvalue weighted by Gasteiger charge is -2.19. The summed E-state index contributed by atoms with van der Waals surface area (Å²) in [4.78, 5) is 23.9. The number of benzene rings is 1. The molecule has 1 aromatic rings. The topological polar surface area (TPSA) is 92.8 Å². The number of nitrogens with zero attached hydrogens (tertiary/aromatic N) is 1. The quantitative estimate of drug-likeness (QED) is 0.589. The van der Waals surface area contributed by atoms with Crippen LogP contribution in [0.2, 0.25) is 5.02 Å². The molecule has 1 amide bonds. The molecule has 9 heteroatoms. The fourth-order valence-electron chi connectivity index (χ4n) is 2.29. The van der Waals surface area contributed by atoms with Crippen molar-refractivity contribution in [1.29, 1.82) is 0 Å². The molecule has 0 aromatic heterocycles. The molecule has 27 heavy (non-hydrogen) atoms. The van der Waals surface area contributed by atoms with E-state index < -0.39 is 28.5 Å². The van der Waals surface area contributed by atoms with Crippen LogP contribution >= 0.6 is 11.6 Å². The van der Waals surface area contributed by atoms with Crippen LogP contribution in [0.5, 0.6) is 0 Å². The van der Waals surface area contributed by atoms with Gasteiger partial charge in [-0.15, -0.1) is 0 Å². The van der Waals surface area contributed by atoms with Gasteiger partial charge in [-0.05, 0) is 30.5 Å². The van der Waals surface area contributed by atoms with Gasteiger partial charge in [0, 0.05) is 19.6 Å². The number of rotatable bonds is 10. The van der Waals surface area contributed by atoms with Crippen LogP contribution in [-0.4, -0.2) is 50.8 Å². The van der Waals surface area contributed by atoms with Gasteiger partial charge in [0.25, 0.3) is 5.91 Å². The van der Waals surface area contributed by atoms with Crippen LogP contribution in [0, 0.1) is 5.92 Å². The number of sulfonamides is 1. The van der Waals surface area contributed by atoms with E-state index in [2.05, 4.69) is 5.32 Å². The molecule has 0 fully saturated rings. The van der Waals surface area contributed by atoms with E-state index in [1.54, 1.807) is 13.8 Å². The summed E-state index contributed by atoms with van der Waals surface area (Å²) in [6.45, 7) is 8.16. The summed E-state index contributed by atoms with van der Waals surface area (Å²) in [5.74, 6) is -0.829. The fourth-order valence-corrected chi connectivity index (χ4v) is 3.97. The van der Waals surface area contributed by atoms with Crippen LogP contribution in [0.15, 0.2) is 23.1 Å². The standard InChI is InChI=1S/C18H27ClN2O5S/c1-5-21(6-2)27(24,25)14-7-8-16(19)15(11-14)18(23)26-12-17(22)20-10-9-13(3)4/h7-8,11,13H,5-6,9-10,12H2,1-4H3,(H,20,22). The first-order chi connectivity index (χ1) is 12.6. The van der Waals surface area contributed by atoms with Crippen molar-refractivity contribution in [2.45, 2.75) is 39.0 Å². The molecule has 0 saturated carbocycles. The number of hydrogen-bond acceptors (Lipinski definition) is 5. The molecule has 1 N–H and O–H groups in total. The Morgan fingerprint density at radius 1 is 1.22 bits per heavy atom. The minimum atomic E-state index is -3.74. The second kappa shape index (κ2) is 10.6. The maximum Gasteiger partial charge on any atom is 0.340 e. The summed E-state index contributed by atoms with van der Waals surface area (Å²) in [7, 11) is -3.74. The van der Waals surface area contributed by atoms with Crippen molar-refractivity contribution in [2.75, 3.05) is 26.2 Å². The molecule has 1 rings (SSSR count). The minimum absolute atomic E-state index is 0.0519. The SMILES string of the molecule is CCN(CC)S(=O)(=O)c1ccc(Cl)c(C(=O)OCC(=O)NCCC(C)C)c1. The van der Waals surface area contributed by atoms with Gasteiger partial charge in [0.15, 0.2) is 6.61 Å². The van der Waals surface area contributed by atoms with E-state index in [-0.39, 0.29) is 15.5 Å². The number of ether oxygens (including phenoxy) is 1. The van der Waals surface area contributed by atoms with Crippen LogP contribution in [0.25, 0.3) is 0 Å². The van der Waals surface area contributed by atoms with Gasteiger partial charge < -0.3 is 10.1 Å². The molecule has 0 heterocycles. The second-order valence-corrected chi connectivity index (χ2v) is 8.68. The van der Waals surface area contributed by atoms with Crippen molar-refractivity contribution >= 4 is 33.5 Å². The molecule has 0 aliphatic heterocycles. The molecular weight excluding hydrogens is 392 g/mol. The lowest BCUT2D eigenvalue weighted by molar-refractivity contribution is -0.124.